The van der Waals surface area contributed by atoms with Gasteiger partial charge in [0.1, 0.15) is 0 Å². The van der Waals surface area contributed by atoms with E-state index in [0.717, 1.165) is 43.2 Å². The first kappa shape index (κ1) is 15.8. The number of halogens is 1. The molecule has 1 saturated heterocycles. The first-order valence-electron chi connectivity index (χ1n) is 7.36. The predicted octanol–water partition coefficient (Wildman–Crippen LogP) is 3.01. The van der Waals surface area contributed by atoms with Crippen LogP contribution in [0.2, 0.25) is 5.02 Å². The second kappa shape index (κ2) is 7.41. The van der Waals surface area contributed by atoms with Crippen LogP contribution in [-0.2, 0) is 4.74 Å². The van der Waals surface area contributed by atoms with E-state index < -0.39 is 0 Å². The Morgan fingerprint density at radius 2 is 2.10 bits per heavy atom. The van der Waals surface area contributed by atoms with Crippen molar-refractivity contribution < 1.29 is 4.74 Å². The van der Waals surface area contributed by atoms with Crippen molar-refractivity contribution in [2.45, 2.75) is 25.8 Å². The molecule has 1 unspecified atom stereocenters. The number of benzene rings is 1. The zero-order valence-corrected chi connectivity index (χ0v) is 13.2. The fraction of sp³-hybridized carbons (Fsp3) is 0.625. The molecule has 0 aromatic heterocycles. The van der Waals surface area contributed by atoms with Gasteiger partial charge in [0.25, 0.3) is 0 Å². The minimum absolute atomic E-state index is 0.232. The molecular weight excluding hydrogens is 272 g/mol. The molecule has 1 aliphatic rings. The molecule has 2 N–H and O–H groups in total. The fourth-order valence-electron chi connectivity index (χ4n) is 2.85. The Hall–Kier alpha value is -0.610. The zero-order chi connectivity index (χ0) is 14.5. The highest BCUT2D eigenvalue weighted by molar-refractivity contribution is 6.31. The van der Waals surface area contributed by atoms with Crippen molar-refractivity contribution in [1.29, 1.82) is 0 Å². The minimum atomic E-state index is 0.232. The van der Waals surface area contributed by atoms with E-state index in [4.69, 9.17) is 22.1 Å². The van der Waals surface area contributed by atoms with Crippen molar-refractivity contribution in [2.24, 2.45) is 11.7 Å². The molecule has 1 heterocycles. The average molecular weight is 297 g/mol. The summed E-state index contributed by atoms with van der Waals surface area (Å²) in [5, 5.41) is 0.820. The highest BCUT2D eigenvalue weighted by Crippen LogP contribution is 2.26. The van der Waals surface area contributed by atoms with Crippen molar-refractivity contribution in [2.75, 3.05) is 33.4 Å². The third-order valence-corrected chi connectivity index (χ3v) is 4.63. The molecule has 1 atom stereocenters. The normalized spacial score (nSPS) is 18.4. The molecule has 0 bridgehead atoms. The van der Waals surface area contributed by atoms with Crippen LogP contribution in [0.3, 0.4) is 0 Å². The summed E-state index contributed by atoms with van der Waals surface area (Å²) in [7, 11) is 2.15. The predicted molar refractivity (Wildman–Crippen MR) is 84.2 cm³/mol. The molecule has 112 valence electrons. The Bertz CT molecular complexity index is 432. The molecule has 3 nitrogen and oxygen atoms in total. The molecule has 1 aromatic rings. The van der Waals surface area contributed by atoms with Gasteiger partial charge in [-0.15, -0.1) is 0 Å². The van der Waals surface area contributed by atoms with Crippen LogP contribution in [0.15, 0.2) is 18.2 Å². The van der Waals surface area contributed by atoms with Crippen LogP contribution >= 0.6 is 11.6 Å². The molecule has 2 rings (SSSR count). The Labute approximate surface area is 127 Å². The zero-order valence-electron chi connectivity index (χ0n) is 12.4. The lowest BCUT2D eigenvalue weighted by Gasteiger charge is -2.32. The summed E-state index contributed by atoms with van der Waals surface area (Å²) in [5.41, 5.74) is 8.31. The Morgan fingerprint density at radius 1 is 1.40 bits per heavy atom. The van der Waals surface area contributed by atoms with E-state index in [2.05, 4.69) is 30.1 Å². The highest BCUT2D eigenvalue weighted by atomic mass is 35.5. The van der Waals surface area contributed by atoms with Gasteiger partial charge in [-0.3, -0.25) is 4.90 Å². The van der Waals surface area contributed by atoms with Gasteiger partial charge in [0, 0.05) is 37.4 Å². The summed E-state index contributed by atoms with van der Waals surface area (Å²) in [6.45, 7) is 5.48. The van der Waals surface area contributed by atoms with E-state index in [1.807, 2.05) is 6.92 Å². The van der Waals surface area contributed by atoms with Crippen LogP contribution in [0.25, 0.3) is 0 Å². The molecule has 20 heavy (non-hydrogen) atoms. The number of nitrogens with two attached hydrogens (primary N) is 1. The van der Waals surface area contributed by atoms with E-state index >= 15 is 0 Å². The second-order valence-corrected chi connectivity index (χ2v) is 6.16. The van der Waals surface area contributed by atoms with Gasteiger partial charge in [-0.05, 0) is 49.9 Å². The van der Waals surface area contributed by atoms with Crippen molar-refractivity contribution >= 4 is 11.6 Å². The third-order valence-electron chi connectivity index (χ3n) is 4.22. The fourth-order valence-corrected chi connectivity index (χ4v) is 3.04. The van der Waals surface area contributed by atoms with Gasteiger partial charge in [-0.2, -0.15) is 0 Å². The summed E-state index contributed by atoms with van der Waals surface area (Å²) in [6, 6.07) is 6.49. The number of aryl methyl sites for hydroxylation is 1. The van der Waals surface area contributed by atoms with Gasteiger partial charge in [-0.25, -0.2) is 0 Å². The Morgan fingerprint density at radius 3 is 2.70 bits per heavy atom. The van der Waals surface area contributed by atoms with Crippen molar-refractivity contribution in [1.82, 2.24) is 4.90 Å². The molecule has 0 saturated carbocycles. The largest absolute Gasteiger partial charge is 0.381 e. The quantitative estimate of drug-likeness (QED) is 0.908. The molecule has 0 radical (unpaired) electrons. The molecular formula is C16H25ClN2O. The first-order chi connectivity index (χ1) is 9.61. The minimum Gasteiger partial charge on any atom is -0.381 e. The summed E-state index contributed by atoms with van der Waals surface area (Å²) < 4.78 is 5.42. The third kappa shape index (κ3) is 3.95. The summed E-state index contributed by atoms with van der Waals surface area (Å²) in [5.74, 6) is 0.712. The maximum Gasteiger partial charge on any atom is 0.0469 e. The maximum absolute atomic E-state index is 6.24. The lowest BCUT2D eigenvalue weighted by molar-refractivity contribution is 0.0507. The first-order valence-corrected chi connectivity index (χ1v) is 7.73. The summed E-state index contributed by atoms with van der Waals surface area (Å²) in [4.78, 5) is 2.36. The van der Waals surface area contributed by atoms with Crippen LogP contribution in [0.5, 0.6) is 0 Å². The SMILES string of the molecule is Cc1ccc(C(CN)N(C)CC2CCOCC2)cc1Cl. The van der Waals surface area contributed by atoms with Gasteiger partial charge >= 0.3 is 0 Å². The summed E-state index contributed by atoms with van der Waals surface area (Å²) in [6.07, 6.45) is 2.30. The molecule has 0 aliphatic carbocycles. The molecule has 1 aliphatic heterocycles. The number of nitrogens with zero attached hydrogens (tertiary/aromatic N) is 1. The number of hydrogen-bond acceptors (Lipinski definition) is 3. The van der Waals surface area contributed by atoms with Crippen LogP contribution in [0, 0.1) is 12.8 Å². The van der Waals surface area contributed by atoms with Gasteiger partial charge in [0.05, 0.1) is 0 Å². The van der Waals surface area contributed by atoms with E-state index in [1.165, 1.54) is 5.56 Å². The smallest absolute Gasteiger partial charge is 0.0469 e. The van der Waals surface area contributed by atoms with Gasteiger partial charge in [0.2, 0.25) is 0 Å². The van der Waals surface area contributed by atoms with Crippen LogP contribution in [0.4, 0.5) is 0 Å². The number of ether oxygens (including phenoxy) is 1. The monoisotopic (exact) mass is 296 g/mol. The van der Waals surface area contributed by atoms with Crippen molar-refractivity contribution in [3.8, 4) is 0 Å². The number of hydrogen-bond donors (Lipinski definition) is 1. The van der Waals surface area contributed by atoms with E-state index in [-0.39, 0.29) is 6.04 Å². The van der Waals surface area contributed by atoms with E-state index in [9.17, 15) is 0 Å². The second-order valence-electron chi connectivity index (χ2n) is 5.76. The topological polar surface area (TPSA) is 38.5 Å². The highest BCUT2D eigenvalue weighted by Gasteiger charge is 2.21. The van der Waals surface area contributed by atoms with Crippen molar-refractivity contribution in [3.05, 3.63) is 34.3 Å². The van der Waals surface area contributed by atoms with Crippen LogP contribution < -0.4 is 5.73 Å². The van der Waals surface area contributed by atoms with Gasteiger partial charge < -0.3 is 10.5 Å². The summed E-state index contributed by atoms with van der Waals surface area (Å²) >= 11 is 6.24. The Kier molecular flexibility index (Phi) is 5.85. The molecule has 0 spiro atoms. The van der Waals surface area contributed by atoms with Gasteiger partial charge in [-0.1, -0.05) is 23.7 Å². The van der Waals surface area contributed by atoms with E-state index in [0.29, 0.717) is 12.5 Å². The lowest BCUT2D eigenvalue weighted by atomic mass is 9.97. The Balaban J connectivity index is 2.03. The molecule has 1 aromatic carbocycles. The molecule has 0 amide bonds. The van der Waals surface area contributed by atoms with Gasteiger partial charge in [0.15, 0.2) is 0 Å². The number of likely N-dealkylation sites (N-methyl/N-ethyl adjacent to an activating group) is 1. The van der Waals surface area contributed by atoms with E-state index in [1.54, 1.807) is 0 Å². The molecule has 4 heteroatoms. The van der Waals surface area contributed by atoms with Crippen molar-refractivity contribution in [3.63, 3.8) is 0 Å². The van der Waals surface area contributed by atoms with Crippen LogP contribution in [0.1, 0.15) is 30.0 Å². The number of rotatable bonds is 5. The van der Waals surface area contributed by atoms with Crippen LogP contribution in [-0.4, -0.2) is 38.3 Å². The maximum atomic E-state index is 6.24. The lowest BCUT2D eigenvalue weighted by Crippen LogP contribution is -2.36. The average Bonchev–Trinajstić information content (AvgIpc) is 2.44. The standard InChI is InChI=1S/C16H25ClN2O/c1-12-3-4-14(9-15(12)17)16(10-18)19(2)11-13-5-7-20-8-6-13/h3-4,9,13,16H,5-8,10-11,18H2,1-2H3. The molecule has 1 fully saturated rings.